The summed E-state index contributed by atoms with van der Waals surface area (Å²) in [6.45, 7) is 8.19. The highest BCUT2D eigenvalue weighted by Gasteiger charge is 2.17. The van der Waals surface area contributed by atoms with Crippen molar-refractivity contribution in [1.82, 2.24) is 20.2 Å². The number of hydrogen-bond donors (Lipinski definition) is 1. The van der Waals surface area contributed by atoms with Crippen LogP contribution in [-0.4, -0.2) is 32.2 Å². The molecule has 3 aromatic rings. The van der Waals surface area contributed by atoms with Crippen molar-refractivity contribution in [2.24, 2.45) is 0 Å². The molecule has 1 atom stereocenters. The molecule has 0 aliphatic rings. The van der Waals surface area contributed by atoms with Crippen LogP contribution in [0.25, 0.3) is 5.69 Å². The quantitative estimate of drug-likeness (QED) is 0.750. The molecule has 27 heavy (non-hydrogen) atoms. The second-order valence-electron chi connectivity index (χ2n) is 7.32. The molecule has 0 unspecified atom stereocenters. The van der Waals surface area contributed by atoms with E-state index in [0.29, 0.717) is 11.4 Å². The number of amides is 1. The summed E-state index contributed by atoms with van der Waals surface area (Å²) in [5.41, 5.74) is 2.78. The molecule has 1 aromatic heterocycles. The molecule has 1 amide bonds. The average molecular weight is 365 g/mol. The van der Waals surface area contributed by atoms with Gasteiger partial charge in [0.25, 0.3) is 5.91 Å². The molecule has 0 saturated carbocycles. The van der Waals surface area contributed by atoms with Gasteiger partial charge >= 0.3 is 0 Å². The standard InChI is InChI=1S/C20H23N5O2/c1-14(27-18-11-5-15(6-12-18)20(2,3)4)19(26)22-16-7-9-17(10-8-16)25-13-21-23-24-25/h5-14H,1-4H3,(H,22,26)/t14-/m1/s1. The van der Waals surface area contributed by atoms with E-state index >= 15 is 0 Å². The van der Waals surface area contributed by atoms with Gasteiger partial charge in [-0.25, -0.2) is 4.68 Å². The van der Waals surface area contributed by atoms with Gasteiger partial charge in [0.15, 0.2) is 6.10 Å². The minimum Gasteiger partial charge on any atom is -0.481 e. The molecule has 0 aliphatic carbocycles. The molecule has 7 heteroatoms. The predicted molar refractivity (Wildman–Crippen MR) is 103 cm³/mol. The third-order valence-electron chi connectivity index (χ3n) is 4.15. The molecule has 7 nitrogen and oxygen atoms in total. The van der Waals surface area contributed by atoms with Gasteiger partial charge in [-0.05, 0) is 64.7 Å². The van der Waals surface area contributed by atoms with Crippen molar-refractivity contribution in [3.05, 3.63) is 60.4 Å². The normalized spacial score (nSPS) is 12.4. The van der Waals surface area contributed by atoms with E-state index in [4.69, 9.17) is 4.74 Å². The summed E-state index contributed by atoms with van der Waals surface area (Å²) < 4.78 is 7.30. The number of benzene rings is 2. The van der Waals surface area contributed by atoms with E-state index in [9.17, 15) is 4.79 Å². The highest BCUT2D eigenvalue weighted by Crippen LogP contribution is 2.24. The minimum absolute atomic E-state index is 0.0793. The number of tetrazole rings is 1. The zero-order valence-corrected chi connectivity index (χ0v) is 15.9. The highest BCUT2D eigenvalue weighted by molar-refractivity contribution is 5.94. The SMILES string of the molecule is C[C@@H](Oc1ccc(C(C)(C)C)cc1)C(=O)Nc1ccc(-n2cnnn2)cc1. The van der Waals surface area contributed by atoms with Gasteiger partial charge in [0.1, 0.15) is 12.1 Å². The zero-order chi connectivity index (χ0) is 19.4. The van der Waals surface area contributed by atoms with Gasteiger partial charge in [-0.1, -0.05) is 32.9 Å². The van der Waals surface area contributed by atoms with E-state index in [1.807, 2.05) is 36.4 Å². The van der Waals surface area contributed by atoms with Crippen LogP contribution in [0.2, 0.25) is 0 Å². The van der Waals surface area contributed by atoms with E-state index in [0.717, 1.165) is 5.69 Å². The van der Waals surface area contributed by atoms with Crippen LogP contribution < -0.4 is 10.1 Å². The second kappa shape index (κ2) is 7.57. The Morgan fingerprint density at radius 2 is 1.74 bits per heavy atom. The van der Waals surface area contributed by atoms with E-state index in [1.54, 1.807) is 23.7 Å². The summed E-state index contributed by atoms with van der Waals surface area (Å²) >= 11 is 0. The monoisotopic (exact) mass is 365 g/mol. The first kappa shape index (κ1) is 18.6. The Bertz CT molecular complexity index is 882. The second-order valence-corrected chi connectivity index (χ2v) is 7.32. The van der Waals surface area contributed by atoms with Crippen molar-refractivity contribution in [1.29, 1.82) is 0 Å². The molecule has 0 spiro atoms. The molecular formula is C20H23N5O2. The maximum Gasteiger partial charge on any atom is 0.265 e. The number of carbonyl (C=O) groups is 1. The minimum atomic E-state index is -0.621. The third-order valence-corrected chi connectivity index (χ3v) is 4.15. The molecule has 2 aromatic carbocycles. The van der Waals surface area contributed by atoms with Gasteiger partial charge in [0.05, 0.1) is 5.69 Å². The lowest BCUT2D eigenvalue weighted by Gasteiger charge is -2.20. The number of anilines is 1. The molecule has 0 fully saturated rings. The number of hydrogen-bond acceptors (Lipinski definition) is 5. The number of rotatable bonds is 5. The van der Waals surface area contributed by atoms with Crippen LogP contribution in [0.3, 0.4) is 0 Å². The Morgan fingerprint density at radius 3 is 2.30 bits per heavy atom. The van der Waals surface area contributed by atoms with Crippen molar-refractivity contribution in [2.75, 3.05) is 5.32 Å². The fourth-order valence-corrected chi connectivity index (χ4v) is 2.51. The Hall–Kier alpha value is -3.22. The van der Waals surface area contributed by atoms with Crippen molar-refractivity contribution in [3.63, 3.8) is 0 Å². The molecule has 0 aliphatic heterocycles. The summed E-state index contributed by atoms with van der Waals surface area (Å²) in [6, 6.07) is 15.1. The predicted octanol–water partition coefficient (Wildman–Crippen LogP) is 3.37. The number of nitrogens with one attached hydrogen (secondary N) is 1. The molecule has 0 saturated heterocycles. The maximum atomic E-state index is 12.4. The van der Waals surface area contributed by atoms with Gasteiger partial charge in [-0.3, -0.25) is 4.79 Å². The molecule has 140 valence electrons. The van der Waals surface area contributed by atoms with Crippen molar-refractivity contribution in [2.45, 2.75) is 39.2 Å². The molecule has 1 heterocycles. The van der Waals surface area contributed by atoms with Gasteiger partial charge in [-0.2, -0.15) is 0 Å². The summed E-state index contributed by atoms with van der Waals surface area (Å²) in [6.07, 6.45) is 0.888. The lowest BCUT2D eigenvalue weighted by atomic mass is 9.87. The van der Waals surface area contributed by atoms with E-state index in [1.165, 1.54) is 11.9 Å². The van der Waals surface area contributed by atoms with Crippen LogP contribution >= 0.6 is 0 Å². The summed E-state index contributed by atoms with van der Waals surface area (Å²) in [5, 5.41) is 13.9. The summed E-state index contributed by atoms with van der Waals surface area (Å²) in [7, 11) is 0. The number of ether oxygens (including phenoxy) is 1. The fraction of sp³-hybridized carbons (Fsp3) is 0.300. The van der Waals surface area contributed by atoms with Crippen molar-refractivity contribution < 1.29 is 9.53 Å². The van der Waals surface area contributed by atoms with E-state index < -0.39 is 6.10 Å². The topological polar surface area (TPSA) is 81.9 Å². The Kier molecular flexibility index (Phi) is 5.21. The molecule has 0 radical (unpaired) electrons. The smallest absolute Gasteiger partial charge is 0.265 e. The summed E-state index contributed by atoms with van der Waals surface area (Å²) in [4.78, 5) is 12.4. The van der Waals surface area contributed by atoms with Gasteiger partial charge in [0, 0.05) is 5.69 Å². The molecule has 1 N–H and O–H groups in total. The first-order valence-electron chi connectivity index (χ1n) is 8.74. The van der Waals surface area contributed by atoms with E-state index in [2.05, 4.69) is 41.6 Å². The zero-order valence-electron chi connectivity index (χ0n) is 15.9. The number of carbonyl (C=O) groups excluding carboxylic acids is 1. The van der Waals surface area contributed by atoms with Crippen LogP contribution in [-0.2, 0) is 10.2 Å². The van der Waals surface area contributed by atoms with Crippen LogP contribution in [0.15, 0.2) is 54.9 Å². The molecule has 0 bridgehead atoms. The number of nitrogens with zero attached hydrogens (tertiary/aromatic N) is 4. The fourth-order valence-electron chi connectivity index (χ4n) is 2.51. The van der Waals surface area contributed by atoms with Crippen LogP contribution in [0, 0.1) is 0 Å². The molecule has 3 rings (SSSR count). The largest absolute Gasteiger partial charge is 0.481 e. The van der Waals surface area contributed by atoms with Crippen LogP contribution in [0.4, 0.5) is 5.69 Å². The van der Waals surface area contributed by atoms with Crippen molar-refractivity contribution in [3.8, 4) is 11.4 Å². The van der Waals surface area contributed by atoms with Gasteiger partial charge in [-0.15, -0.1) is 5.10 Å². The maximum absolute atomic E-state index is 12.4. The van der Waals surface area contributed by atoms with Gasteiger partial charge < -0.3 is 10.1 Å². The van der Waals surface area contributed by atoms with Gasteiger partial charge in [0.2, 0.25) is 0 Å². The highest BCUT2D eigenvalue weighted by atomic mass is 16.5. The Balaban J connectivity index is 1.59. The first-order chi connectivity index (χ1) is 12.8. The lowest BCUT2D eigenvalue weighted by molar-refractivity contribution is -0.122. The van der Waals surface area contributed by atoms with E-state index in [-0.39, 0.29) is 11.3 Å². The summed E-state index contributed by atoms with van der Waals surface area (Å²) in [5.74, 6) is 0.449. The Morgan fingerprint density at radius 1 is 1.07 bits per heavy atom. The average Bonchev–Trinajstić information content (AvgIpc) is 3.16. The third kappa shape index (κ3) is 4.69. The van der Waals surface area contributed by atoms with Crippen molar-refractivity contribution >= 4 is 11.6 Å². The van der Waals surface area contributed by atoms with Crippen LogP contribution in [0.1, 0.15) is 33.3 Å². The lowest BCUT2D eigenvalue weighted by Crippen LogP contribution is -2.30. The van der Waals surface area contributed by atoms with Crippen LogP contribution in [0.5, 0.6) is 5.75 Å². The molecular weight excluding hydrogens is 342 g/mol. The first-order valence-corrected chi connectivity index (χ1v) is 8.74. The Labute approximate surface area is 158 Å². The number of aromatic nitrogens is 4.